The number of unbranched alkanes of at least 4 members (excludes halogenated alkanes) is 11. The second-order valence-corrected chi connectivity index (χ2v) is 16.3. The summed E-state index contributed by atoms with van der Waals surface area (Å²) in [5, 5.41) is 0. The first-order valence-corrected chi connectivity index (χ1v) is 22.7. The Kier molecular flexibility index (Phi) is 26.8. The van der Waals surface area contributed by atoms with Gasteiger partial charge in [-0.1, -0.05) is 84.0 Å². The van der Waals surface area contributed by atoms with Crippen LogP contribution in [0.2, 0.25) is 0 Å². The quantitative estimate of drug-likeness (QED) is 0.0550. The van der Waals surface area contributed by atoms with Crippen molar-refractivity contribution in [3.05, 3.63) is 0 Å². The number of carbonyl (C=O) groups excluding carboxylic acids is 8. The summed E-state index contributed by atoms with van der Waals surface area (Å²) >= 11 is 0. The second-order valence-electron chi connectivity index (χ2n) is 16.3. The SMILES string of the molecule is CCCCCCCCCCCCCCC(CO[C@@H]1O[C@H](COC(C)=O)[C@H](OC(C)=O)[C@H](OC(C)=O)[C@H]1OC(C)=O)CO[C@@H]1O[C@H](COC(C)=O)[C@H](OC(C)=O)[C@H](OC(C)=O)[C@H]1OC(C)=O. The molecular formula is C45H72O20. The van der Waals surface area contributed by atoms with E-state index >= 15 is 0 Å². The van der Waals surface area contributed by atoms with Crippen LogP contribution < -0.4 is 0 Å². The summed E-state index contributed by atoms with van der Waals surface area (Å²) in [6, 6.07) is 0. The predicted octanol–water partition coefficient (Wildman–Crippen LogP) is 4.89. The summed E-state index contributed by atoms with van der Waals surface area (Å²) in [7, 11) is 0. The minimum atomic E-state index is -1.47. The molecule has 0 aliphatic carbocycles. The maximum atomic E-state index is 12.5. The highest BCUT2D eigenvalue weighted by Crippen LogP contribution is 2.33. The molecule has 20 heteroatoms. The van der Waals surface area contributed by atoms with Gasteiger partial charge >= 0.3 is 47.8 Å². The van der Waals surface area contributed by atoms with E-state index in [2.05, 4.69) is 6.92 Å². The van der Waals surface area contributed by atoms with E-state index in [1.807, 2.05) is 0 Å². The molecule has 0 radical (unpaired) electrons. The van der Waals surface area contributed by atoms with Crippen molar-refractivity contribution in [2.24, 2.45) is 5.92 Å². The van der Waals surface area contributed by atoms with Gasteiger partial charge in [-0.05, 0) is 6.42 Å². The van der Waals surface area contributed by atoms with Crippen LogP contribution >= 0.6 is 0 Å². The van der Waals surface area contributed by atoms with Crippen molar-refractivity contribution in [1.29, 1.82) is 0 Å². The van der Waals surface area contributed by atoms with Crippen molar-refractivity contribution in [3.8, 4) is 0 Å². The van der Waals surface area contributed by atoms with E-state index in [0.717, 1.165) is 81.1 Å². The summed E-state index contributed by atoms with van der Waals surface area (Å²) in [6.45, 7) is 9.99. The lowest BCUT2D eigenvalue weighted by Gasteiger charge is -2.44. The standard InChI is InChI=1S/C45H72O20/c1-10-11-12-13-14-15-16-17-18-19-20-21-22-35(23-56-44-42(62-33(8)52)40(60-31(6)50)38(58-29(4)48)36(64-44)25-54-27(2)46)24-57-45-43(63-34(9)53)41(61-32(7)51)39(59-30(5)49)37(65-45)26-55-28(3)47/h35-45H,10-26H2,1-9H3/t36-,37-,38+,39+,40+,41+,42-,43-,44-,45-/m1/s1. The Labute approximate surface area is 381 Å². The van der Waals surface area contributed by atoms with Gasteiger partial charge in [0, 0.05) is 61.3 Å². The Balaban J connectivity index is 2.45. The Morgan fingerprint density at radius 2 is 0.677 bits per heavy atom. The molecule has 2 heterocycles. The van der Waals surface area contributed by atoms with Crippen LogP contribution in [0.5, 0.6) is 0 Å². The molecule has 0 saturated carbocycles. The molecule has 0 aromatic carbocycles. The lowest BCUT2D eigenvalue weighted by Crippen LogP contribution is -2.63. The first kappa shape index (κ1) is 56.7. The Hall–Kier alpha value is -4.40. The van der Waals surface area contributed by atoms with E-state index < -0.39 is 128 Å². The molecule has 372 valence electrons. The van der Waals surface area contributed by atoms with Gasteiger partial charge in [-0.15, -0.1) is 0 Å². The van der Waals surface area contributed by atoms with Gasteiger partial charge in [0.2, 0.25) is 0 Å². The van der Waals surface area contributed by atoms with E-state index in [-0.39, 0.29) is 13.2 Å². The third-order valence-corrected chi connectivity index (χ3v) is 10.4. The van der Waals surface area contributed by atoms with Gasteiger partial charge in [0.25, 0.3) is 0 Å². The highest BCUT2D eigenvalue weighted by Gasteiger charge is 2.54. The molecule has 0 aromatic rings. The van der Waals surface area contributed by atoms with Crippen molar-refractivity contribution in [2.45, 2.75) is 207 Å². The fourth-order valence-corrected chi connectivity index (χ4v) is 7.60. The minimum absolute atomic E-state index is 0.156. The first-order chi connectivity index (χ1) is 30.8. The van der Waals surface area contributed by atoms with Crippen LogP contribution in [0.3, 0.4) is 0 Å². The van der Waals surface area contributed by atoms with Crippen LogP contribution in [0.4, 0.5) is 0 Å². The summed E-state index contributed by atoms with van der Waals surface area (Å²) in [6.07, 6.45) is -0.194. The zero-order valence-corrected chi connectivity index (χ0v) is 39.5. The maximum absolute atomic E-state index is 12.5. The average Bonchev–Trinajstić information content (AvgIpc) is 3.20. The molecule has 2 aliphatic rings. The van der Waals surface area contributed by atoms with Gasteiger partial charge in [-0.3, -0.25) is 38.4 Å². The largest absolute Gasteiger partial charge is 0.463 e. The molecule has 0 amide bonds. The van der Waals surface area contributed by atoms with Crippen LogP contribution in [0.15, 0.2) is 0 Å². The molecule has 0 unspecified atom stereocenters. The maximum Gasteiger partial charge on any atom is 0.303 e. The Bertz CT molecular complexity index is 1420. The molecule has 0 aromatic heterocycles. The number of carbonyl (C=O) groups is 8. The molecule has 0 spiro atoms. The smallest absolute Gasteiger partial charge is 0.303 e. The lowest BCUT2D eigenvalue weighted by atomic mass is 9.97. The molecule has 20 nitrogen and oxygen atoms in total. The average molecular weight is 933 g/mol. The van der Waals surface area contributed by atoms with Crippen LogP contribution in [0.25, 0.3) is 0 Å². The second kappa shape index (κ2) is 30.7. The van der Waals surface area contributed by atoms with Crippen LogP contribution in [0, 0.1) is 5.92 Å². The van der Waals surface area contributed by atoms with E-state index in [4.69, 9.17) is 56.8 Å². The molecular weight excluding hydrogens is 860 g/mol. The van der Waals surface area contributed by atoms with Crippen LogP contribution in [0.1, 0.15) is 146 Å². The van der Waals surface area contributed by atoms with Crippen molar-refractivity contribution >= 4 is 47.8 Å². The number of hydrogen-bond acceptors (Lipinski definition) is 20. The predicted molar refractivity (Wildman–Crippen MR) is 225 cm³/mol. The van der Waals surface area contributed by atoms with Crippen LogP contribution in [-0.2, 0) is 95.2 Å². The summed E-state index contributed by atoms with van der Waals surface area (Å²) < 4.78 is 68.5. The van der Waals surface area contributed by atoms with E-state index in [1.54, 1.807) is 0 Å². The first-order valence-electron chi connectivity index (χ1n) is 22.7. The van der Waals surface area contributed by atoms with Crippen molar-refractivity contribution in [1.82, 2.24) is 0 Å². The van der Waals surface area contributed by atoms with E-state index in [1.165, 1.54) is 44.9 Å². The molecule has 65 heavy (non-hydrogen) atoms. The molecule has 2 saturated heterocycles. The van der Waals surface area contributed by atoms with Crippen LogP contribution in [-0.4, -0.2) is 136 Å². The Morgan fingerprint density at radius 1 is 0.385 bits per heavy atom. The normalized spacial score (nSPS) is 25.1. The topological polar surface area (TPSA) is 247 Å². The van der Waals surface area contributed by atoms with Gasteiger partial charge in [0.1, 0.15) is 25.4 Å². The monoisotopic (exact) mass is 932 g/mol. The lowest BCUT2D eigenvalue weighted by molar-refractivity contribution is -0.317. The fourth-order valence-electron chi connectivity index (χ4n) is 7.60. The molecule has 0 N–H and O–H groups in total. The van der Waals surface area contributed by atoms with Gasteiger partial charge in [-0.2, -0.15) is 0 Å². The molecule has 2 aliphatic heterocycles. The number of esters is 8. The van der Waals surface area contributed by atoms with E-state index in [9.17, 15) is 38.4 Å². The van der Waals surface area contributed by atoms with E-state index in [0.29, 0.717) is 12.8 Å². The third kappa shape index (κ3) is 22.6. The highest BCUT2D eigenvalue weighted by atomic mass is 16.8. The van der Waals surface area contributed by atoms with Gasteiger partial charge < -0.3 is 56.8 Å². The number of ether oxygens (including phenoxy) is 12. The molecule has 2 rings (SSSR count). The number of hydrogen-bond donors (Lipinski definition) is 0. The Morgan fingerprint density at radius 3 is 0.985 bits per heavy atom. The van der Waals surface area contributed by atoms with Crippen molar-refractivity contribution in [2.75, 3.05) is 26.4 Å². The zero-order chi connectivity index (χ0) is 48.5. The summed E-state index contributed by atoms with van der Waals surface area (Å²) in [5.74, 6) is -6.65. The minimum Gasteiger partial charge on any atom is -0.463 e. The molecule has 2 fully saturated rings. The summed E-state index contributed by atoms with van der Waals surface area (Å²) in [4.78, 5) is 97.9. The van der Waals surface area contributed by atoms with Crippen molar-refractivity contribution in [3.63, 3.8) is 0 Å². The molecule has 0 bridgehead atoms. The van der Waals surface area contributed by atoms with Gasteiger partial charge in [0.05, 0.1) is 13.2 Å². The third-order valence-electron chi connectivity index (χ3n) is 10.4. The number of rotatable bonds is 29. The van der Waals surface area contributed by atoms with Gasteiger partial charge in [-0.25, -0.2) is 0 Å². The fraction of sp³-hybridized carbons (Fsp3) is 0.822. The summed E-state index contributed by atoms with van der Waals surface area (Å²) in [5.41, 5.74) is 0. The van der Waals surface area contributed by atoms with Gasteiger partial charge in [0.15, 0.2) is 49.2 Å². The molecule has 10 atom stereocenters. The highest BCUT2D eigenvalue weighted by molar-refractivity contribution is 5.70. The van der Waals surface area contributed by atoms with Crippen molar-refractivity contribution < 1.29 is 95.2 Å². The zero-order valence-electron chi connectivity index (χ0n) is 39.5.